The lowest BCUT2D eigenvalue weighted by Gasteiger charge is -2.15. The van der Waals surface area contributed by atoms with E-state index in [9.17, 15) is 27.9 Å². The molecule has 2 aromatic carbocycles. The van der Waals surface area contributed by atoms with Crippen molar-refractivity contribution in [3.05, 3.63) is 53.1 Å². The van der Waals surface area contributed by atoms with Crippen LogP contribution in [0.3, 0.4) is 0 Å². The number of carbonyl (C=O) groups is 3. The molecule has 0 bridgehead atoms. The van der Waals surface area contributed by atoms with Crippen LogP contribution in [0.4, 0.5) is 5.69 Å². The van der Waals surface area contributed by atoms with Crippen molar-refractivity contribution in [2.24, 2.45) is 5.73 Å². The van der Waals surface area contributed by atoms with Crippen LogP contribution in [0.25, 0.3) is 0 Å². The number of nitrogens with one attached hydrogen (secondary N) is 4. The molecular weight excluding hydrogens is 478 g/mol. The van der Waals surface area contributed by atoms with Crippen molar-refractivity contribution in [1.82, 2.24) is 10.0 Å². The Kier molecular flexibility index (Phi) is 8.92. The maximum Gasteiger partial charge on any atom is 0.322 e. The van der Waals surface area contributed by atoms with Gasteiger partial charge in [-0.05, 0) is 47.7 Å². The van der Waals surface area contributed by atoms with Crippen LogP contribution in [0.5, 0.6) is 5.75 Å². The quantitative estimate of drug-likeness (QED) is 0.137. The third-order valence-corrected chi connectivity index (χ3v) is 6.39. The lowest BCUT2D eigenvalue weighted by atomic mass is 9.99. The molecular formula is C22H27N5O7S. The summed E-state index contributed by atoms with van der Waals surface area (Å²) < 4.78 is 27.7. The van der Waals surface area contributed by atoms with E-state index < -0.39 is 45.0 Å². The minimum Gasteiger partial charge on any atom is -0.507 e. The number of amidine groups is 1. The Bertz CT molecular complexity index is 1260. The van der Waals surface area contributed by atoms with Gasteiger partial charge in [-0.15, -0.1) is 0 Å². The summed E-state index contributed by atoms with van der Waals surface area (Å²) in [5, 5.41) is 30.5. The van der Waals surface area contributed by atoms with E-state index in [0.717, 1.165) is 17.7 Å². The van der Waals surface area contributed by atoms with Crippen LogP contribution in [0.1, 0.15) is 36.5 Å². The smallest absolute Gasteiger partial charge is 0.322 e. The number of amides is 2. The summed E-state index contributed by atoms with van der Waals surface area (Å²) in [5.74, 6) is -4.28. The number of carboxylic acid groups (broad SMARTS) is 1. The second-order valence-electron chi connectivity index (χ2n) is 7.85. The van der Waals surface area contributed by atoms with Gasteiger partial charge in [0.2, 0.25) is 10.0 Å². The van der Waals surface area contributed by atoms with Crippen LogP contribution < -0.4 is 21.1 Å². The zero-order valence-corrected chi connectivity index (χ0v) is 19.9. The number of anilines is 1. The lowest BCUT2D eigenvalue weighted by Crippen LogP contribution is -2.38. The van der Waals surface area contributed by atoms with E-state index >= 15 is 0 Å². The van der Waals surface area contributed by atoms with Gasteiger partial charge in [-0.1, -0.05) is 26.0 Å². The number of hydrogen-bond acceptors (Lipinski definition) is 7. The van der Waals surface area contributed by atoms with E-state index in [1.165, 1.54) is 6.07 Å². The average molecular weight is 506 g/mol. The summed E-state index contributed by atoms with van der Waals surface area (Å²) in [5.41, 5.74) is 7.15. The Morgan fingerprint density at radius 1 is 1.09 bits per heavy atom. The van der Waals surface area contributed by atoms with Gasteiger partial charge in [0.1, 0.15) is 23.0 Å². The summed E-state index contributed by atoms with van der Waals surface area (Å²) in [6, 6.07) is 8.66. The molecule has 0 radical (unpaired) electrons. The normalized spacial score (nSPS) is 11.2. The Hall–Kier alpha value is -3.97. The van der Waals surface area contributed by atoms with Crippen molar-refractivity contribution in [2.75, 3.05) is 18.4 Å². The highest BCUT2D eigenvalue weighted by atomic mass is 32.2. The third kappa shape index (κ3) is 7.52. The van der Waals surface area contributed by atoms with Crippen LogP contribution >= 0.6 is 0 Å². The first-order valence-corrected chi connectivity index (χ1v) is 11.9. The van der Waals surface area contributed by atoms with Gasteiger partial charge in [0, 0.05) is 17.8 Å². The molecule has 0 aliphatic carbocycles. The van der Waals surface area contributed by atoms with Crippen LogP contribution in [0.15, 0.2) is 41.3 Å². The van der Waals surface area contributed by atoms with Crippen molar-refractivity contribution in [3.63, 3.8) is 0 Å². The first kappa shape index (κ1) is 27.3. The van der Waals surface area contributed by atoms with Gasteiger partial charge in [0.25, 0.3) is 0 Å². The molecule has 13 heteroatoms. The van der Waals surface area contributed by atoms with Crippen molar-refractivity contribution in [1.29, 1.82) is 5.41 Å². The van der Waals surface area contributed by atoms with E-state index in [-0.39, 0.29) is 36.0 Å². The molecule has 12 nitrogen and oxygen atoms in total. The zero-order chi connectivity index (χ0) is 26.3. The molecule has 0 aliphatic rings. The van der Waals surface area contributed by atoms with Gasteiger partial charge < -0.3 is 26.6 Å². The number of nitrogen functional groups attached to an aromatic ring is 1. The number of benzene rings is 2. The Morgan fingerprint density at radius 2 is 1.77 bits per heavy atom. The fourth-order valence-corrected chi connectivity index (χ4v) is 4.15. The number of phenolic OH excluding ortho intramolecular Hbond substituents is 1. The highest BCUT2D eigenvalue weighted by Gasteiger charge is 2.21. The molecule has 0 saturated carbocycles. The van der Waals surface area contributed by atoms with Crippen LogP contribution in [-0.2, 0) is 30.8 Å². The molecule has 0 heterocycles. The molecule has 8 N–H and O–H groups in total. The number of phenols is 1. The van der Waals surface area contributed by atoms with Gasteiger partial charge in [0.15, 0.2) is 0 Å². The van der Waals surface area contributed by atoms with E-state index in [1.807, 2.05) is 19.2 Å². The molecule has 2 rings (SSSR count). The minimum absolute atomic E-state index is 0.0931. The van der Waals surface area contributed by atoms with Gasteiger partial charge in [0.05, 0.1) is 0 Å². The monoisotopic (exact) mass is 505 g/mol. The number of aromatic hydroxyl groups is 1. The van der Waals surface area contributed by atoms with Crippen molar-refractivity contribution in [3.8, 4) is 5.75 Å². The fourth-order valence-electron chi connectivity index (χ4n) is 3.00. The number of carboxylic acids is 1. The minimum atomic E-state index is -4.16. The summed E-state index contributed by atoms with van der Waals surface area (Å²) >= 11 is 0. The molecule has 0 aliphatic heterocycles. The number of hydrogen-bond donors (Lipinski definition) is 7. The number of rotatable bonds is 10. The highest BCUT2D eigenvalue weighted by molar-refractivity contribution is 7.89. The molecule has 188 valence electrons. The molecule has 0 unspecified atom stereocenters. The fraction of sp³-hybridized carbons (Fsp3) is 0.273. The van der Waals surface area contributed by atoms with Crippen molar-refractivity contribution >= 4 is 39.3 Å². The molecule has 0 saturated heterocycles. The third-order valence-electron chi connectivity index (χ3n) is 4.90. The lowest BCUT2D eigenvalue weighted by molar-refractivity contribution is -0.140. The van der Waals surface area contributed by atoms with E-state index in [2.05, 4.69) is 10.0 Å². The largest absolute Gasteiger partial charge is 0.507 e. The van der Waals surface area contributed by atoms with E-state index in [1.54, 1.807) is 18.2 Å². The summed E-state index contributed by atoms with van der Waals surface area (Å²) in [6.07, 6.45) is 0.108. The van der Waals surface area contributed by atoms with Crippen molar-refractivity contribution < 1.29 is 33.0 Å². The number of nitrogens with two attached hydrogens (primary N) is 1. The Labute approximate surface area is 202 Å². The van der Waals surface area contributed by atoms with Gasteiger partial charge in [-0.2, -0.15) is 0 Å². The highest BCUT2D eigenvalue weighted by Crippen LogP contribution is 2.25. The molecule has 0 fully saturated rings. The second kappa shape index (κ2) is 11.4. The van der Waals surface area contributed by atoms with Crippen molar-refractivity contribution in [2.45, 2.75) is 31.1 Å². The van der Waals surface area contributed by atoms with Crippen LogP contribution in [0, 0.1) is 5.41 Å². The van der Waals surface area contributed by atoms with Crippen LogP contribution in [-0.4, -0.2) is 55.3 Å². The predicted octanol–water partition coefficient (Wildman–Crippen LogP) is 0.460. The van der Waals surface area contributed by atoms with Crippen LogP contribution in [0.2, 0.25) is 0 Å². The Balaban J connectivity index is 2.20. The van der Waals surface area contributed by atoms with E-state index in [0.29, 0.717) is 5.56 Å². The molecule has 0 aromatic heterocycles. The zero-order valence-electron chi connectivity index (χ0n) is 19.1. The summed E-state index contributed by atoms with van der Waals surface area (Å²) in [6.45, 7) is 3.01. The van der Waals surface area contributed by atoms with Gasteiger partial charge in [-0.3, -0.25) is 19.8 Å². The average Bonchev–Trinajstić information content (AvgIpc) is 2.77. The maximum atomic E-state index is 12.7. The topological polar surface area (TPSA) is 212 Å². The number of aliphatic carboxylic acids is 1. The molecule has 35 heavy (non-hydrogen) atoms. The van der Waals surface area contributed by atoms with Gasteiger partial charge in [-0.25, -0.2) is 13.1 Å². The maximum absolute atomic E-state index is 12.7. The SMILES string of the molecule is CC(C)c1ccc(CCNS(=O)(=O)c2cc(C(=N)N)ccc2O)c(NC(=O)C(=O)NCC(=O)O)c1. The molecule has 0 atom stereocenters. The van der Waals surface area contributed by atoms with E-state index in [4.69, 9.17) is 16.2 Å². The first-order valence-electron chi connectivity index (χ1n) is 10.4. The number of carbonyl (C=O) groups excluding carboxylic acids is 2. The van der Waals surface area contributed by atoms with Gasteiger partial charge >= 0.3 is 17.8 Å². The number of sulfonamides is 1. The molecule has 0 spiro atoms. The Morgan fingerprint density at radius 3 is 2.37 bits per heavy atom. The summed E-state index contributed by atoms with van der Waals surface area (Å²) in [4.78, 5) is 34.2. The molecule has 2 amide bonds. The second-order valence-corrected chi connectivity index (χ2v) is 9.58. The predicted molar refractivity (Wildman–Crippen MR) is 128 cm³/mol. The first-order chi connectivity index (χ1) is 16.3. The molecule has 2 aromatic rings. The standard InChI is InChI=1S/C22H27N5O7S/c1-12(2)14-4-3-13(16(9-14)27-22(32)21(31)25-11-19(29)30)7-8-26-35(33,34)18-10-15(20(23)24)5-6-17(18)28/h3-6,9-10,12,26,28H,7-8,11H2,1-2H3,(H3,23,24)(H,25,31)(H,27,32)(H,29,30). The summed E-state index contributed by atoms with van der Waals surface area (Å²) in [7, 11) is -4.16.